The number of aliphatic carboxylic acids is 1. The van der Waals surface area contributed by atoms with Gasteiger partial charge in [-0.05, 0) is 51.0 Å². The molecule has 0 bridgehead atoms. The normalized spacial score (nSPS) is 12.6. The van der Waals surface area contributed by atoms with Crippen molar-refractivity contribution in [1.82, 2.24) is 20.2 Å². The van der Waals surface area contributed by atoms with Crippen LogP contribution in [0.2, 0.25) is 0 Å². The molecule has 1 aromatic carbocycles. The SMILES string of the molecule is CCCC(C)(CNC(=O)c1c(C)nn2c(OCc3c(F)cccc3F)cc(C)cc12)NC(=O)O.O=C(O)C(F)(F)F. The van der Waals surface area contributed by atoms with Gasteiger partial charge in [-0.15, -0.1) is 0 Å². The van der Waals surface area contributed by atoms with Crippen LogP contribution in [0.4, 0.5) is 26.7 Å². The monoisotopic (exact) mass is 588 g/mol. The Bertz CT molecular complexity index is 1410. The summed E-state index contributed by atoms with van der Waals surface area (Å²) in [6.07, 6.45) is -4.98. The molecule has 0 aliphatic rings. The van der Waals surface area contributed by atoms with Crippen molar-refractivity contribution >= 4 is 23.5 Å². The van der Waals surface area contributed by atoms with Gasteiger partial charge in [0.2, 0.25) is 5.88 Å². The smallest absolute Gasteiger partial charge is 0.475 e. The summed E-state index contributed by atoms with van der Waals surface area (Å²) >= 11 is 0. The van der Waals surface area contributed by atoms with E-state index in [1.165, 1.54) is 10.6 Å². The number of halogens is 5. The first kappa shape index (κ1) is 32.8. The second-order valence-corrected chi connectivity index (χ2v) is 9.34. The number of fused-ring (bicyclic) bond motifs is 1. The Morgan fingerprint density at radius 1 is 1.07 bits per heavy atom. The molecule has 10 nitrogen and oxygen atoms in total. The van der Waals surface area contributed by atoms with Crippen molar-refractivity contribution in [3.63, 3.8) is 0 Å². The minimum absolute atomic E-state index is 0.0878. The van der Waals surface area contributed by atoms with Crippen molar-refractivity contribution < 1.29 is 51.3 Å². The van der Waals surface area contributed by atoms with Crippen LogP contribution in [0, 0.1) is 25.5 Å². The van der Waals surface area contributed by atoms with E-state index >= 15 is 0 Å². The van der Waals surface area contributed by atoms with E-state index in [1.54, 1.807) is 32.9 Å². The average Bonchev–Trinajstić information content (AvgIpc) is 3.17. The number of nitrogens with zero attached hydrogens (tertiary/aromatic N) is 2. The molecule has 0 radical (unpaired) electrons. The number of carboxylic acid groups (broad SMARTS) is 2. The lowest BCUT2D eigenvalue weighted by atomic mass is 9.96. The predicted molar refractivity (Wildman–Crippen MR) is 136 cm³/mol. The van der Waals surface area contributed by atoms with Gasteiger partial charge in [-0.1, -0.05) is 19.4 Å². The first-order chi connectivity index (χ1) is 19.0. The van der Waals surface area contributed by atoms with Gasteiger partial charge in [-0.2, -0.15) is 22.8 Å². The molecular weight excluding hydrogens is 559 g/mol. The highest BCUT2D eigenvalue weighted by Crippen LogP contribution is 2.25. The molecule has 0 aliphatic heterocycles. The topological polar surface area (TPSA) is 142 Å². The highest BCUT2D eigenvalue weighted by Gasteiger charge is 2.38. The van der Waals surface area contributed by atoms with Gasteiger partial charge in [0.1, 0.15) is 18.2 Å². The molecular formula is C26H29F5N4O6. The largest absolute Gasteiger partial charge is 0.490 e. The number of amides is 2. The summed E-state index contributed by atoms with van der Waals surface area (Å²) in [5, 5.41) is 25.9. The molecule has 15 heteroatoms. The Morgan fingerprint density at radius 3 is 2.17 bits per heavy atom. The van der Waals surface area contributed by atoms with Crippen LogP contribution in [0.5, 0.6) is 5.88 Å². The van der Waals surface area contributed by atoms with Gasteiger partial charge < -0.3 is 25.6 Å². The van der Waals surface area contributed by atoms with E-state index in [0.29, 0.717) is 23.2 Å². The third kappa shape index (κ3) is 8.78. The van der Waals surface area contributed by atoms with E-state index in [1.807, 2.05) is 6.92 Å². The van der Waals surface area contributed by atoms with Gasteiger partial charge in [-0.3, -0.25) is 4.79 Å². The zero-order valence-electron chi connectivity index (χ0n) is 22.5. The molecule has 1 atom stereocenters. The van der Waals surface area contributed by atoms with Gasteiger partial charge in [0.05, 0.1) is 27.9 Å². The maximum Gasteiger partial charge on any atom is 0.490 e. The van der Waals surface area contributed by atoms with E-state index in [9.17, 15) is 31.5 Å². The first-order valence-electron chi connectivity index (χ1n) is 12.1. The molecule has 3 aromatic rings. The summed E-state index contributed by atoms with van der Waals surface area (Å²) < 4.78 is 66.8. The van der Waals surface area contributed by atoms with Gasteiger partial charge in [0.25, 0.3) is 5.91 Å². The number of carbonyl (C=O) groups excluding carboxylic acids is 1. The fraction of sp³-hybridized carbons (Fsp3) is 0.385. The standard InChI is InChI=1S/C24H28F2N4O4.C2HF3O2/c1-5-9-24(4,28-23(32)33)13-27-22(31)21-15(3)29-30-19(21)10-14(2)11-20(30)34-12-16-17(25)7-6-8-18(16)26;3-2(4,5)1(6)7/h6-8,10-11,28H,5,9,12-13H2,1-4H3,(H,27,31)(H,32,33);(H,6,7). The van der Waals surface area contributed by atoms with Gasteiger partial charge >= 0.3 is 18.2 Å². The Hall–Kier alpha value is -4.43. The molecule has 2 aromatic heterocycles. The highest BCUT2D eigenvalue weighted by molar-refractivity contribution is 6.02. The zero-order valence-corrected chi connectivity index (χ0v) is 22.5. The van der Waals surface area contributed by atoms with Crippen LogP contribution >= 0.6 is 0 Å². The summed E-state index contributed by atoms with van der Waals surface area (Å²) in [6.45, 7) is 6.86. The molecule has 3 rings (SSSR count). The van der Waals surface area contributed by atoms with E-state index in [4.69, 9.17) is 19.7 Å². The number of rotatable bonds is 9. The van der Waals surface area contributed by atoms with Gasteiger partial charge in [-0.25, -0.2) is 18.4 Å². The zero-order chi connectivity index (χ0) is 31.1. The number of alkyl halides is 3. The van der Waals surface area contributed by atoms with Gasteiger partial charge in [0, 0.05) is 12.6 Å². The van der Waals surface area contributed by atoms with E-state index in [2.05, 4.69) is 15.7 Å². The quantitative estimate of drug-likeness (QED) is 0.258. The van der Waals surface area contributed by atoms with Crippen LogP contribution in [-0.2, 0) is 11.4 Å². The number of aryl methyl sites for hydroxylation is 2. The Labute approximate surface area is 231 Å². The number of carboxylic acids is 1. The maximum absolute atomic E-state index is 14.0. The molecule has 41 heavy (non-hydrogen) atoms. The number of nitrogens with one attached hydrogen (secondary N) is 2. The van der Waals surface area contributed by atoms with Gasteiger partial charge in [0.15, 0.2) is 0 Å². The number of carbonyl (C=O) groups is 3. The van der Waals surface area contributed by atoms with Crippen molar-refractivity contribution in [3.05, 3.63) is 64.4 Å². The molecule has 0 fully saturated rings. The van der Waals surface area contributed by atoms with Crippen molar-refractivity contribution in [1.29, 1.82) is 0 Å². The molecule has 1 unspecified atom stereocenters. The molecule has 0 spiro atoms. The molecule has 2 amide bonds. The Morgan fingerprint density at radius 2 is 1.66 bits per heavy atom. The summed E-state index contributed by atoms with van der Waals surface area (Å²) in [5.41, 5.74) is 0.908. The minimum Gasteiger partial charge on any atom is -0.475 e. The van der Waals surface area contributed by atoms with E-state index < -0.39 is 41.3 Å². The summed E-state index contributed by atoms with van der Waals surface area (Å²) in [7, 11) is 0. The van der Waals surface area contributed by atoms with E-state index in [-0.39, 0.29) is 24.6 Å². The third-order valence-corrected chi connectivity index (χ3v) is 5.77. The number of hydrogen-bond donors (Lipinski definition) is 4. The number of benzene rings is 1. The highest BCUT2D eigenvalue weighted by atomic mass is 19.4. The number of ether oxygens (including phenoxy) is 1. The van der Waals surface area contributed by atoms with Crippen LogP contribution < -0.4 is 15.4 Å². The van der Waals surface area contributed by atoms with Crippen LogP contribution in [0.1, 0.15) is 53.9 Å². The number of aromatic nitrogens is 2. The lowest BCUT2D eigenvalue weighted by molar-refractivity contribution is -0.192. The van der Waals surface area contributed by atoms with Crippen molar-refractivity contribution in [2.45, 2.75) is 58.9 Å². The lowest BCUT2D eigenvalue weighted by Gasteiger charge is -2.29. The first-order valence-corrected chi connectivity index (χ1v) is 12.1. The average molecular weight is 589 g/mol. The molecule has 0 saturated carbocycles. The fourth-order valence-corrected chi connectivity index (χ4v) is 3.93. The number of pyridine rings is 1. The van der Waals surface area contributed by atoms with Crippen LogP contribution in [0.3, 0.4) is 0 Å². The summed E-state index contributed by atoms with van der Waals surface area (Å²) in [5.74, 6) is -4.38. The summed E-state index contributed by atoms with van der Waals surface area (Å²) in [6, 6.07) is 7.00. The Kier molecular flexibility index (Phi) is 10.6. The van der Waals surface area contributed by atoms with Crippen molar-refractivity contribution in [3.8, 4) is 5.88 Å². The van der Waals surface area contributed by atoms with E-state index in [0.717, 1.165) is 24.1 Å². The molecule has 0 aliphatic carbocycles. The predicted octanol–water partition coefficient (Wildman–Crippen LogP) is 5.00. The molecule has 4 N–H and O–H groups in total. The Balaban J connectivity index is 0.000000745. The summed E-state index contributed by atoms with van der Waals surface area (Å²) in [4.78, 5) is 33.2. The molecule has 0 saturated heterocycles. The lowest BCUT2D eigenvalue weighted by Crippen LogP contribution is -2.53. The van der Waals surface area contributed by atoms with Crippen LogP contribution in [0.25, 0.3) is 5.52 Å². The second-order valence-electron chi connectivity index (χ2n) is 9.34. The van der Waals surface area contributed by atoms with Crippen LogP contribution in [0.15, 0.2) is 30.3 Å². The van der Waals surface area contributed by atoms with Crippen molar-refractivity contribution in [2.75, 3.05) is 6.54 Å². The third-order valence-electron chi connectivity index (χ3n) is 5.77. The molecule has 224 valence electrons. The van der Waals surface area contributed by atoms with Crippen molar-refractivity contribution in [2.24, 2.45) is 0 Å². The fourth-order valence-electron chi connectivity index (χ4n) is 3.93. The molecule has 2 heterocycles. The second kappa shape index (κ2) is 13.3. The van der Waals surface area contributed by atoms with Crippen LogP contribution in [-0.4, -0.2) is 56.1 Å². The maximum atomic E-state index is 14.0. The number of hydrogen-bond acceptors (Lipinski definition) is 5. The minimum atomic E-state index is -5.08.